The maximum atomic E-state index is 7.78. The summed E-state index contributed by atoms with van der Waals surface area (Å²) in [5, 5.41) is 0. The second-order valence-corrected chi connectivity index (χ2v) is 1.98. The SMILES string of the molecule is [2H]c1c([2H])c(N)c([2H])c(OC2([2H])C([2H])([2H])OC2([2H])[2H])c1[2H]. The molecule has 1 aliphatic rings. The molecule has 1 aromatic rings. The lowest BCUT2D eigenvalue weighted by atomic mass is 10.3. The summed E-state index contributed by atoms with van der Waals surface area (Å²) in [6.07, 6.45) is -2.87. The van der Waals surface area contributed by atoms with Crippen LogP contribution in [0.5, 0.6) is 5.75 Å². The van der Waals surface area contributed by atoms with Crippen LogP contribution in [0.2, 0.25) is 0 Å². The molecule has 3 heteroatoms. The van der Waals surface area contributed by atoms with Crippen LogP contribution in [0.25, 0.3) is 0 Å². The third-order valence-corrected chi connectivity index (χ3v) is 1.11. The molecule has 0 saturated carbocycles. The predicted molar refractivity (Wildman–Crippen MR) is 46.1 cm³/mol. The Labute approximate surface area is 83.7 Å². The van der Waals surface area contributed by atoms with Gasteiger partial charge in [0.05, 0.1) is 25.5 Å². The molecular formula is C9H11NO2. The van der Waals surface area contributed by atoms with E-state index in [1.807, 2.05) is 0 Å². The molecule has 1 heterocycles. The number of benzene rings is 1. The van der Waals surface area contributed by atoms with Gasteiger partial charge < -0.3 is 15.2 Å². The van der Waals surface area contributed by atoms with Crippen LogP contribution in [0.4, 0.5) is 5.69 Å². The van der Waals surface area contributed by atoms with Crippen LogP contribution in [-0.2, 0) is 4.74 Å². The minimum atomic E-state index is -2.87. The van der Waals surface area contributed by atoms with Gasteiger partial charge in [-0.3, -0.25) is 0 Å². The number of rotatable bonds is 2. The van der Waals surface area contributed by atoms with Crippen LogP contribution < -0.4 is 10.5 Å². The van der Waals surface area contributed by atoms with E-state index in [9.17, 15) is 0 Å². The van der Waals surface area contributed by atoms with Crippen molar-refractivity contribution in [2.45, 2.75) is 6.08 Å². The van der Waals surface area contributed by atoms with Crippen molar-refractivity contribution in [1.82, 2.24) is 0 Å². The Morgan fingerprint density at radius 2 is 2.58 bits per heavy atom. The lowest BCUT2D eigenvalue weighted by Crippen LogP contribution is -2.38. The van der Waals surface area contributed by atoms with Crippen LogP contribution >= 0.6 is 0 Å². The molecule has 0 aliphatic carbocycles. The second kappa shape index (κ2) is 3.03. The van der Waals surface area contributed by atoms with Crippen LogP contribution in [0.3, 0.4) is 0 Å². The molecule has 1 aromatic carbocycles. The zero-order valence-electron chi connectivity index (χ0n) is 14.9. The molecule has 0 atom stereocenters. The van der Waals surface area contributed by atoms with Gasteiger partial charge >= 0.3 is 0 Å². The van der Waals surface area contributed by atoms with E-state index >= 15 is 0 Å². The molecule has 0 spiro atoms. The highest BCUT2D eigenvalue weighted by molar-refractivity contribution is 5.43. The van der Waals surface area contributed by atoms with Gasteiger partial charge in [0.2, 0.25) is 0 Å². The first-order valence-electron chi connectivity index (χ1n) is 7.61. The number of nitrogens with two attached hydrogens (primary N) is 1. The van der Waals surface area contributed by atoms with Gasteiger partial charge in [0.15, 0.2) is 0 Å². The zero-order valence-corrected chi connectivity index (χ0v) is 5.89. The average Bonchev–Trinajstić information content (AvgIpc) is 2.37. The monoisotopic (exact) mass is 174 g/mol. The molecule has 2 N–H and O–H groups in total. The molecule has 1 fully saturated rings. The van der Waals surface area contributed by atoms with Crippen molar-refractivity contribution in [2.75, 3.05) is 18.9 Å². The first-order valence-corrected chi connectivity index (χ1v) is 3.11. The fourth-order valence-corrected chi connectivity index (χ4v) is 0.628. The third kappa shape index (κ3) is 1.51. The van der Waals surface area contributed by atoms with E-state index in [0.29, 0.717) is 0 Å². The van der Waals surface area contributed by atoms with Crippen molar-refractivity contribution in [3.63, 3.8) is 0 Å². The van der Waals surface area contributed by atoms with Crippen molar-refractivity contribution in [1.29, 1.82) is 0 Å². The molecule has 0 bridgehead atoms. The Balaban J connectivity index is 2.55. The third-order valence-electron chi connectivity index (χ3n) is 1.11. The van der Waals surface area contributed by atoms with Gasteiger partial charge in [0, 0.05) is 11.7 Å². The summed E-state index contributed by atoms with van der Waals surface area (Å²) < 4.78 is 76.7. The molecule has 1 aliphatic heterocycles. The Hall–Kier alpha value is -1.22. The summed E-state index contributed by atoms with van der Waals surface area (Å²) in [6, 6.07) is -2.65. The summed E-state index contributed by atoms with van der Waals surface area (Å²) in [6.45, 7) is -5.63. The maximum Gasteiger partial charge on any atom is 0.145 e. The molecule has 64 valence electrons. The topological polar surface area (TPSA) is 44.5 Å². The number of hydrogen-bond acceptors (Lipinski definition) is 3. The maximum absolute atomic E-state index is 7.78. The highest BCUT2D eigenvalue weighted by atomic mass is 16.6. The van der Waals surface area contributed by atoms with Gasteiger partial charge in [0.25, 0.3) is 0 Å². The zero-order chi connectivity index (χ0) is 16.4. The van der Waals surface area contributed by atoms with Gasteiger partial charge in [0.1, 0.15) is 11.8 Å². The van der Waals surface area contributed by atoms with E-state index in [1.165, 1.54) is 0 Å². The number of nitrogen functional groups attached to an aromatic ring is 1. The molecule has 0 unspecified atom stereocenters. The second-order valence-electron chi connectivity index (χ2n) is 1.98. The van der Waals surface area contributed by atoms with E-state index in [0.717, 1.165) is 0 Å². The molecule has 2 rings (SSSR count). The summed E-state index contributed by atoms with van der Waals surface area (Å²) in [5.74, 6) is -0.737. The summed E-state index contributed by atoms with van der Waals surface area (Å²) >= 11 is 0. The fourth-order valence-electron chi connectivity index (χ4n) is 0.628. The summed E-state index contributed by atoms with van der Waals surface area (Å²) in [5.41, 5.74) is 4.95. The predicted octanol–water partition coefficient (Wildman–Crippen LogP) is 1.05. The van der Waals surface area contributed by atoms with E-state index < -0.39 is 54.8 Å². The van der Waals surface area contributed by atoms with Crippen molar-refractivity contribution in [3.05, 3.63) is 24.2 Å². The largest absolute Gasteiger partial charge is 0.486 e. The highest BCUT2D eigenvalue weighted by Crippen LogP contribution is 2.18. The molecule has 3 nitrogen and oxygen atoms in total. The number of hydrogen-bond donors (Lipinski definition) is 1. The Morgan fingerprint density at radius 3 is 3.33 bits per heavy atom. The van der Waals surface area contributed by atoms with Crippen molar-refractivity contribution < 1.29 is 21.8 Å². The first kappa shape index (κ1) is 2.39. The quantitative estimate of drug-likeness (QED) is 0.681. The Kier molecular flexibility index (Phi) is 0.602. The van der Waals surface area contributed by atoms with Crippen molar-refractivity contribution in [2.24, 2.45) is 0 Å². The van der Waals surface area contributed by atoms with Crippen LogP contribution in [-0.4, -0.2) is 19.2 Å². The first-order chi connectivity index (χ1) is 9.36. The molecule has 12 heavy (non-hydrogen) atoms. The number of anilines is 1. The number of ether oxygens (including phenoxy) is 2. The van der Waals surface area contributed by atoms with Gasteiger partial charge in [-0.25, -0.2) is 0 Å². The Bertz CT molecular complexity index is 575. The van der Waals surface area contributed by atoms with Crippen LogP contribution in [0.15, 0.2) is 24.2 Å². The molecule has 0 amide bonds. The average molecular weight is 174 g/mol. The summed E-state index contributed by atoms with van der Waals surface area (Å²) in [4.78, 5) is 0. The van der Waals surface area contributed by atoms with E-state index in [-0.39, 0.29) is 0 Å². The van der Waals surface area contributed by atoms with E-state index in [4.69, 9.17) is 22.8 Å². The smallest absolute Gasteiger partial charge is 0.145 e. The Morgan fingerprint density at radius 1 is 1.75 bits per heavy atom. The standard InChI is InChI=1S/C9H11NO2/c10-7-2-1-3-8(4-7)12-9-5-11-6-9/h1-4,9H,5-6,10H2/i1D,2D,3D,4D,5D2,6D2,9D. The van der Waals surface area contributed by atoms with E-state index in [2.05, 4.69) is 4.74 Å². The van der Waals surface area contributed by atoms with Gasteiger partial charge in [-0.05, 0) is 12.1 Å². The summed E-state index contributed by atoms with van der Waals surface area (Å²) in [7, 11) is 0. The molecule has 0 aromatic heterocycles. The minimum absolute atomic E-state index is 0.476. The molecule has 0 radical (unpaired) electrons. The van der Waals surface area contributed by atoms with Crippen molar-refractivity contribution in [3.8, 4) is 5.75 Å². The van der Waals surface area contributed by atoms with Crippen LogP contribution in [0.1, 0.15) is 12.3 Å². The lowest BCUT2D eigenvalue weighted by molar-refractivity contribution is -0.0796. The van der Waals surface area contributed by atoms with Gasteiger partial charge in [-0.15, -0.1) is 0 Å². The fraction of sp³-hybridized carbons (Fsp3) is 0.333. The lowest BCUT2D eigenvalue weighted by Gasteiger charge is -2.26. The van der Waals surface area contributed by atoms with Crippen molar-refractivity contribution >= 4 is 5.69 Å². The normalized spacial score (nSPS) is 38.8. The van der Waals surface area contributed by atoms with E-state index in [1.54, 1.807) is 0 Å². The van der Waals surface area contributed by atoms with Gasteiger partial charge in [-0.1, -0.05) is 6.04 Å². The van der Waals surface area contributed by atoms with Crippen LogP contribution in [0, 0.1) is 0 Å². The van der Waals surface area contributed by atoms with Gasteiger partial charge in [-0.2, -0.15) is 0 Å². The highest BCUT2D eigenvalue weighted by Gasteiger charge is 2.19. The minimum Gasteiger partial charge on any atom is -0.486 e. The molecular weight excluding hydrogens is 154 g/mol. The molecule has 1 saturated heterocycles.